The molecule has 0 unspecified atom stereocenters. The lowest BCUT2D eigenvalue weighted by Gasteiger charge is -1.93. The molecule has 0 aliphatic heterocycles. The van der Waals surface area contributed by atoms with Gasteiger partial charge in [-0.15, -0.1) is 10.2 Å². The Hall–Kier alpha value is -1.92. The van der Waals surface area contributed by atoms with Crippen LogP contribution in [0.1, 0.15) is 0 Å². The van der Waals surface area contributed by atoms with Gasteiger partial charge in [0.15, 0.2) is 11.2 Å². The second kappa shape index (κ2) is 2.28. The Balaban J connectivity index is 3.13. The number of hydrogen-bond acceptors (Lipinski definition) is 4. The van der Waals surface area contributed by atoms with Gasteiger partial charge in [-0.25, -0.2) is 4.79 Å². The lowest BCUT2D eigenvalue weighted by atomic mass is 10.5. The summed E-state index contributed by atoms with van der Waals surface area (Å²) in [7, 11) is 3.11. The van der Waals surface area contributed by atoms with Crippen molar-refractivity contribution in [2.75, 3.05) is 0 Å². The maximum Gasteiger partial charge on any atom is 0.329 e. The van der Waals surface area contributed by atoms with E-state index >= 15 is 0 Å². The van der Waals surface area contributed by atoms with Gasteiger partial charge in [0.25, 0.3) is 5.56 Å². The first-order chi connectivity index (χ1) is 6.09. The number of nitrogens with zero attached hydrogens (tertiary/aromatic N) is 4. The lowest BCUT2D eigenvalue weighted by molar-refractivity contribution is 0.659. The van der Waals surface area contributed by atoms with E-state index < -0.39 is 11.2 Å². The summed E-state index contributed by atoms with van der Waals surface area (Å²) in [5.74, 6) is 0. The largest absolute Gasteiger partial charge is 0.329 e. The van der Waals surface area contributed by atoms with E-state index in [1.165, 1.54) is 16.4 Å². The number of aryl methyl sites for hydroxylation is 2. The van der Waals surface area contributed by atoms with Crippen LogP contribution in [-0.2, 0) is 14.1 Å². The highest BCUT2D eigenvalue weighted by Gasteiger charge is 2.08. The fraction of sp³-hybridized carbons (Fsp3) is 0.333. The van der Waals surface area contributed by atoms with Gasteiger partial charge in [-0.2, -0.15) is 4.80 Å². The molecule has 1 N–H and O–H groups in total. The smallest absolute Gasteiger partial charge is 0.278 e. The summed E-state index contributed by atoms with van der Waals surface area (Å²) in [5.41, 5.74) is -0.537. The Morgan fingerprint density at radius 2 is 1.92 bits per heavy atom. The minimum Gasteiger partial charge on any atom is -0.278 e. The van der Waals surface area contributed by atoms with Crippen molar-refractivity contribution in [3.63, 3.8) is 0 Å². The second-order valence-corrected chi connectivity index (χ2v) is 2.68. The minimum atomic E-state index is -0.508. The van der Waals surface area contributed by atoms with Gasteiger partial charge in [-0.1, -0.05) is 0 Å². The van der Waals surface area contributed by atoms with Crippen LogP contribution in [0.2, 0.25) is 0 Å². The summed E-state index contributed by atoms with van der Waals surface area (Å²) in [5, 5.41) is 7.70. The molecule has 0 spiro atoms. The van der Waals surface area contributed by atoms with Crippen LogP contribution < -0.4 is 11.2 Å². The Morgan fingerprint density at radius 3 is 2.62 bits per heavy atom. The molecule has 0 bridgehead atoms. The molecule has 0 atom stereocenters. The Kier molecular flexibility index (Phi) is 1.35. The van der Waals surface area contributed by atoms with Crippen LogP contribution in [0.5, 0.6) is 0 Å². The van der Waals surface area contributed by atoms with Crippen molar-refractivity contribution in [1.82, 2.24) is 24.5 Å². The Labute approximate surface area is 71.6 Å². The zero-order valence-corrected chi connectivity index (χ0v) is 7.11. The van der Waals surface area contributed by atoms with E-state index in [1.54, 1.807) is 7.05 Å². The molecule has 2 aromatic rings. The number of fused-ring (bicyclic) bond motifs is 1. The molecule has 0 radical (unpaired) electrons. The summed E-state index contributed by atoms with van der Waals surface area (Å²) in [6.45, 7) is 0. The Bertz CT molecular complexity index is 575. The summed E-state index contributed by atoms with van der Waals surface area (Å²) >= 11 is 0. The SMILES string of the molecule is Cn1nc2c(=O)[nH]c(=O)n(C)c2n1. The Morgan fingerprint density at radius 1 is 1.23 bits per heavy atom. The highest BCUT2D eigenvalue weighted by Crippen LogP contribution is 1.96. The first-order valence-electron chi connectivity index (χ1n) is 3.60. The fourth-order valence-corrected chi connectivity index (χ4v) is 1.11. The number of rotatable bonds is 0. The average molecular weight is 181 g/mol. The van der Waals surface area contributed by atoms with E-state index in [-0.39, 0.29) is 11.2 Å². The average Bonchev–Trinajstić information content (AvgIpc) is 2.44. The zero-order chi connectivity index (χ0) is 9.59. The third-order valence-corrected chi connectivity index (χ3v) is 1.75. The number of hydrogen-bond donors (Lipinski definition) is 1. The van der Waals surface area contributed by atoms with Gasteiger partial charge in [0, 0.05) is 14.1 Å². The van der Waals surface area contributed by atoms with Crippen LogP contribution in [0.15, 0.2) is 9.59 Å². The molecule has 0 saturated heterocycles. The highest BCUT2D eigenvalue weighted by atomic mass is 16.2. The number of nitrogens with one attached hydrogen (secondary N) is 1. The molecule has 0 aromatic carbocycles. The van der Waals surface area contributed by atoms with E-state index in [0.29, 0.717) is 0 Å². The van der Waals surface area contributed by atoms with Crippen molar-refractivity contribution < 1.29 is 0 Å². The van der Waals surface area contributed by atoms with E-state index in [1.807, 2.05) is 0 Å². The maximum atomic E-state index is 11.2. The van der Waals surface area contributed by atoms with Gasteiger partial charge in [-0.3, -0.25) is 14.3 Å². The monoisotopic (exact) mass is 181 g/mol. The summed E-state index contributed by atoms with van der Waals surface area (Å²) in [6.07, 6.45) is 0. The normalized spacial score (nSPS) is 10.9. The maximum absolute atomic E-state index is 11.2. The van der Waals surface area contributed by atoms with Crippen molar-refractivity contribution >= 4 is 11.2 Å². The zero-order valence-electron chi connectivity index (χ0n) is 7.11. The molecule has 2 heterocycles. The lowest BCUT2D eigenvalue weighted by Crippen LogP contribution is -2.28. The van der Waals surface area contributed by atoms with E-state index in [2.05, 4.69) is 15.2 Å². The van der Waals surface area contributed by atoms with Gasteiger partial charge < -0.3 is 0 Å². The van der Waals surface area contributed by atoms with Gasteiger partial charge in [0.2, 0.25) is 0 Å². The molecule has 2 rings (SSSR count). The number of aromatic nitrogens is 5. The number of aromatic amines is 1. The van der Waals surface area contributed by atoms with Crippen LogP contribution >= 0.6 is 0 Å². The van der Waals surface area contributed by atoms with Crippen molar-refractivity contribution in [3.8, 4) is 0 Å². The first kappa shape index (κ1) is 7.71. The standard InChI is InChI=1S/C6H7N5O2/c1-10-4-3(8-11(2)9-4)5(12)7-6(10)13/h1-2H3,(H,7,12,13). The predicted molar refractivity (Wildman–Crippen MR) is 44.4 cm³/mol. The second-order valence-electron chi connectivity index (χ2n) is 2.68. The van der Waals surface area contributed by atoms with E-state index in [0.717, 1.165) is 0 Å². The summed E-state index contributed by atoms with van der Waals surface area (Å²) < 4.78 is 1.24. The van der Waals surface area contributed by atoms with Crippen LogP contribution in [0.3, 0.4) is 0 Å². The van der Waals surface area contributed by atoms with Crippen LogP contribution in [-0.4, -0.2) is 24.5 Å². The topological polar surface area (TPSA) is 85.6 Å². The first-order valence-corrected chi connectivity index (χ1v) is 3.60. The van der Waals surface area contributed by atoms with Gasteiger partial charge >= 0.3 is 5.69 Å². The molecule has 0 aliphatic rings. The molecule has 0 amide bonds. The van der Waals surface area contributed by atoms with Crippen molar-refractivity contribution in [3.05, 3.63) is 20.8 Å². The van der Waals surface area contributed by atoms with Crippen molar-refractivity contribution in [2.24, 2.45) is 14.1 Å². The third kappa shape index (κ3) is 0.968. The van der Waals surface area contributed by atoms with E-state index in [4.69, 9.17) is 0 Å². The molecule has 7 heteroatoms. The van der Waals surface area contributed by atoms with E-state index in [9.17, 15) is 9.59 Å². The molecule has 2 aromatic heterocycles. The molecule has 0 saturated carbocycles. The quantitative estimate of drug-likeness (QED) is 0.528. The molecular weight excluding hydrogens is 174 g/mol. The molecule has 7 nitrogen and oxygen atoms in total. The fourth-order valence-electron chi connectivity index (χ4n) is 1.11. The van der Waals surface area contributed by atoms with Crippen molar-refractivity contribution in [1.29, 1.82) is 0 Å². The molecule has 68 valence electrons. The van der Waals surface area contributed by atoms with Crippen molar-refractivity contribution in [2.45, 2.75) is 0 Å². The molecular formula is C6H7N5O2. The number of H-pyrrole nitrogens is 1. The third-order valence-electron chi connectivity index (χ3n) is 1.75. The van der Waals surface area contributed by atoms with Crippen LogP contribution in [0.25, 0.3) is 11.2 Å². The summed E-state index contributed by atoms with van der Waals surface area (Å²) in [4.78, 5) is 25.7. The summed E-state index contributed by atoms with van der Waals surface area (Å²) in [6, 6.07) is 0. The molecule has 13 heavy (non-hydrogen) atoms. The highest BCUT2D eigenvalue weighted by molar-refractivity contribution is 5.67. The van der Waals surface area contributed by atoms with Gasteiger partial charge in [0.1, 0.15) is 0 Å². The van der Waals surface area contributed by atoms with Gasteiger partial charge in [0.05, 0.1) is 0 Å². The van der Waals surface area contributed by atoms with Crippen LogP contribution in [0.4, 0.5) is 0 Å². The molecule has 0 aliphatic carbocycles. The minimum absolute atomic E-state index is 0.171. The van der Waals surface area contributed by atoms with Crippen LogP contribution in [0, 0.1) is 0 Å². The molecule has 0 fully saturated rings. The van der Waals surface area contributed by atoms with Gasteiger partial charge in [-0.05, 0) is 0 Å². The predicted octanol–water partition coefficient (Wildman–Crippen LogP) is -1.64.